The van der Waals surface area contributed by atoms with Crippen molar-refractivity contribution in [2.45, 2.75) is 0 Å². The third-order valence-electron chi connectivity index (χ3n) is 2.44. The van der Waals surface area contributed by atoms with Gasteiger partial charge in [0.2, 0.25) is 0 Å². The molecule has 0 saturated carbocycles. The molecule has 0 amide bonds. The summed E-state index contributed by atoms with van der Waals surface area (Å²) in [5.74, 6) is 0.677. The Bertz CT molecular complexity index is 568. The van der Waals surface area contributed by atoms with E-state index in [1.54, 1.807) is 6.20 Å². The minimum atomic E-state index is 0.677. The quantitative estimate of drug-likeness (QED) is 0.561. The molecular weight excluding hydrogens is 174 g/mol. The minimum absolute atomic E-state index is 0.677. The van der Waals surface area contributed by atoms with E-state index in [4.69, 9.17) is 5.73 Å². The highest BCUT2D eigenvalue weighted by Gasteiger charge is 2.11. The van der Waals surface area contributed by atoms with Crippen molar-refractivity contribution in [3.05, 3.63) is 36.5 Å². The van der Waals surface area contributed by atoms with Crippen LogP contribution in [0.5, 0.6) is 0 Å². The molecule has 0 spiro atoms. The average Bonchev–Trinajstić information content (AvgIpc) is 2.67. The number of benzene rings is 1. The van der Waals surface area contributed by atoms with Crippen LogP contribution in [0.15, 0.2) is 36.5 Å². The van der Waals surface area contributed by atoms with Crippen molar-refractivity contribution in [2.75, 3.05) is 5.73 Å². The van der Waals surface area contributed by atoms with Gasteiger partial charge in [0.25, 0.3) is 0 Å². The van der Waals surface area contributed by atoms with Gasteiger partial charge < -0.3 is 10.7 Å². The Balaban J connectivity index is 2.58. The summed E-state index contributed by atoms with van der Waals surface area (Å²) in [5.41, 5.74) is 8.85. The van der Waals surface area contributed by atoms with Crippen molar-refractivity contribution < 1.29 is 0 Å². The summed E-state index contributed by atoms with van der Waals surface area (Å²) in [6, 6.07) is 9.95. The number of nitrogens with zero attached hydrogens (tertiary/aromatic N) is 1. The summed E-state index contributed by atoms with van der Waals surface area (Å²) in [4.78, 5) is 7.46. The van der Waals surface area contributed by atoms with Crippen LogP contribution >= 0.6 is 0 Å². The van der Waals surface area contributed by atoms with Gasteiger partial charge >= 0.3 is 0 Å². The fourth-order valence-corrected chi connectivity index (χ4v) is 1.78. The topological polar surface area (TPSA) is 54.7 Å². The zero-order valence-electron chi connectivity index (χ0n) is 7.49. The van der Waals surface area contributed by atoms with Crippen LogP contribution in [0, 0.1) is 0 Å². The number of H-pyrrole nitrogens is 1. The van der Waals surface area contributed by atoms with Gasteiger partial charge in [-0.1, -0.05) is 18.2 Å². The number of anilines is 1. The third kappa shape index (κ3) is 0.836. The van der Waals surface area contributed by atoms with E-state index in [1.165, 1.54) is 0 Å². The second kappa shape index (κ2) is 2.48. The number of pyridine rings is 1. The number of hydrogen-bond acceptors (Lipinski definition) is 2. The third-order valence-corrected chi connectivity index (χ3v) is 2.44. The molecule has 0 bridgehead atoms. The molecule has 68 valence electrons. The van der Waals surface area contributed by atoms with Crippen molar-refractivity contribution >= 4 is 16.7 Å². The SMILES string of the molecule is Nc1[nH]c2ccccc2c2nccc1-2. The molecule has 0 aromatic heterocycles. The Kier molecular flexibility index (Phi) is 1.31. The molecule has 0 fully saturated rings. The number of nitrogens with one attached hydrogen (secondary N) is 1. The van der Waals surface area contributed by atoms with Crippen LogP contribution in [0.1, 0.15) is 0 Å². The highest BCUT2D eigenvalue weighted by Crippen LogP contribution is 2.31. The first-order chi connectivity index (χ1) is 6.86. The van der Waals surface area contributed by atoms with Gasteiger partial charge in [-0.3, -0.25) is 4.98 Å². The van der Waals surface area contributed by atoms with Gasteiger partial charge in [0.1, 0.15) is 5.82 Å². The predicted molar refractivity (Wildman–Crippen MR) is 57.1 cm³/mol. The largest absolute Gasteiger partial charge is 0.385 e. The molecule has 1 aromatic rings. The number of aromatic amines is 1. The molecule has 3 N–H and O–H groups in total. The lowest BCUT2D eigenvalue weighted by Gasteiger charge is -2.07. The monoisotopic (exact) mass is 183 g/mol. The smallest absolute Gasteiger partial charge is 0.110 e. The maximum atomic E-state index is 5.87. The average molecular weight is 183 g/mol. The van der Waals surface area contributed by atoms with Crippen LogP contribution in [0.4, 0.5) is 5.82 Å². The highest BCUT2D eigenvalue weighted by atomic mass is 14.9. The Morgan fingerprint density at radius 2 is 2.00 bits per heavy atom. The summed E-state index contributed by atoms with van der Waals surface area (Å²) < 4.78 is 0. The van der Waals surface area contributed by atoms with E-state index >= 15 is 0 Å². The highest BCUT2D eigenvalue weighted by molar-refractivity contribution is 5.97. The van der Waals surface area contributed by atoms with E-state index in [2.05, 4.69) is 9.97 Å². The van der Waals surface area contributed by atoms with Crippen LogP contribution in [0.2, 0.25) is 0 Å². The van der Waals surface area contributed by atoms with E-state index in [9.17, 15) is 0 Å². The number of nitrogen functional groups attached to an aromatic ring is 1. The normalized spacial score (nSPS) is 11.1. The molecule has 0 unspecified atom stereocenters. The van der Waals surface area contributed by atoms with Gasteiger partial charge in [-0.2, -0.15) is 0 Å². The standard InChI is InChI=1S/C11H9N3/c12-11-8-5-6-13-10(8)7-3-1-2-4-9(7)14-11/h1-6,14H,12H2. The fourth-order valence-electron chi connectivity index (χ4n) is 1.78. The number of fused-ring (bicyclic) bond motifs is 3. The zero-order valence-corrected chi connectivity index (χ0v) is 7.49. The molecule has 3 nitrogen and oxygen atoms in total. The van der Waals surface area contributed by atoms with Crippen molar-refractivity contribution in [1.82, 2.24) is 9.97 Å². The van der Waals surface area contributed by atoms with Crippen molar-refractivity contribution in [3.8, 4) is 11.3 Å². The molecule has 3 heteroatoms. The first-order valence-corrected chi connectivity index (χ1v) is 4.47. The molecule has 2 aliphatic heterocycles. The van der Waals surface area contributed by atoms with Gasteiger partial charge in [-0.05, 0) is 12.1 Å². The van der Waals surface area contributed by atoms with Crippen molar-refractivity contribution in [2.24, 2.45) is 0 Å². The lowest BCUT2D eigenvalue weighted by molar-refractivity contribution is 1.37. The Morgan fingerprint density at radius 3 is 2.93 bits per heavy atom. The van der Waals surface area contributed by atoms with Gasteiger partial charge in [0.15, 0.2) is 0 Å². The second-order valence-electron chi connectivity index (χ2n) is 3.29. The first-order valence-electron chi connectivity index (χ1n) is 4.47. The molecule has 14 heavy (non-hydrogen) atoms. The summed E-state index contributed by atoms with van der Waals surface area (Å²) >= 11 is 0. The van der Waals surface area contributed by atoms with E-state index < -0.39 is 0 Å². The van der Waals surface area contributed by atoms with Gasteiger partial charge in [-0.15, -0.1) is 0 Å². The van der Waals surface area contributed by atoms with Crippen molar-refractivity contribution in [1.29, 1.82) is 0 Å². The molecule has 0 atom stereocenters. The van der Waals surface area contributed by atoms with Gasteiger partial charge in [0.05, 0.1) is 5.69 Å². The Hall–Kier alpha value is -2.03. The van der Waals surface area contributed by atoms with Gasteiger partial charge in [-0.25, -0.2) is 0 Å². The maximum absolute atomic E-state index is 5.87. The first kappa shape index (κ1) is 7.38. The molecule has 0 aliphatic carbocycles. The van der Waals surface area contributed by atoms with Crippen LogP contribution in [-0.4, -0.2) is 9.97 Å². The molecule has 2 aliphatic rings. The van der Waals surface area contributed by atoms with E-state index in [0.717, 1.165) is 22.2 Å². The summed E-state index contributed by atoms with van der Waals surface area (Å²) in [7, 11) is 0. The predicted octanol–water partition coefficient (Wildman–Crippen LogP) is 2.25. The molecule has 0 radical (unpaired) electrons. The fraction of sp³-hybridized carbons (Fsp3) is 0. The number of hydrogen-bond donors (Lipinski definition) is 2. The minimum Gasteiger partial charge on any atom is -0.385 e. The van der Waals surface area contributed by atoms with Crippen LogP contribution in [0.25, 0.3) is 22.2 Å². The summed E-state index contributed by atoms with van der Waals surface area (Å²) in [6.45, 7) is 0. The number of nitrogens with two attached hydrogens (primary N) is 1. The lowest BCUT2D eigenvalue weighted by atomic mass is 10.1. The number of aromatic nitrogens is 2. The molecule has 0 saturated heterocycles. The lowest BCUT2D eigenvalue weighted by Crippen LogP contribution is -1.95. The number of para-hydroxylation sites is 1. The van der Waals surface area contributed by atoms with E-state index in [1.807, 2.05) is 30.3 Å². The van der Waals surface area contributed by atoms with Crippen molar-refractivity contribution in [3.63, 3.8) is 0 Å². The van der Waals surface area contributed by atoms with E-state index in [0.29, 0.717) is 5.82 Å². The van der Waals surface area contributed by atoms with E-state index in [-0.39, 0.29) is 0 Å². The van der Waals surface area contributed by atoms with Crippen LogP contribution in [-0.2, 0) is 0 Å². The second-order valence-corrected chi connectivity index (χ2v) is 3.29. The maximum Gasteiger partial charge on any atom is 0.110 e. The van der Waals surface area contributed by atoms with Crippen LogP contribution < -0.4 is 5.73 Å². The summed E-state index contributed by atoms with van der Waals surface area (Å²) in [5, 5.41) is 1.11. The Morgan fingerprint density at radius 1 is 1.14 bits per heavy atom. The molecular formula is C11H9N3. The molecule has 1 aromatic carbocycles. The Labute approximate surface area is 80.9 Å². The van der Waals surface area contributed by atoms with Crippen LogP contribution in [0.3, 0.4) is 0 Å². The van der Waals surface area contributed by atoms with Gasteiger partial charge in [0, 0.05) is 22.7 Å². The summed E-state index contributed by atoms with van der Waals surface area (Å²) in [6.07, 6.45) is 1.78. The molecule has 3 rings (SSSR count). The molecule has 2 heterocycles. The zero-order chi connectivity index (χ0) is 9.54. The number of rotatable bonds is 0.